The van der Waals surface area contributed by atoms with E-state index in [4.69, 9.17) is 4.52 Å². The van der Waals surface area contributed by atoms with Crippen LogP contribution in [0.3, 0.4) is 0 Å². The highest BCUT2D eigenvalue weighted by atomic mass is 16.5. The molecule has 0 aliphatic rings. The number of carbonyl (C=O) groups is 1. The molecule has 0 aliphatic heterocycles. The van der Waals surface area contributed by atoms with Crippen molar-refractivity contribution in [1.29, 1.82) is 0 Å². The Morgan fingerprint density at radius 2 is 2.38 bits per heavy atom. The number of aromatic nitrogens is 2. The molecule has 1 amide bonds. The maximum absolute atomic E-state index is 11.4. The largest absolute Gasteiger partial charge is 0.354 e. The Hall–Kier alpha value is -2.17. The van der Waals surface area contributed by atoms with Gasteiger partial charge in [0.25, 0.3) is 5.91 Å². The maximum atomic E-state index is 11.4. The summed E-state index contributed by atoms with van der Waals surface area (Å²) in [4.78, 5) is 15.5. The van der Waals surface area contributed by atoms with Gasteiger partial charge in [-0.1, -0.05) is 11.2 Å². The first-order valence-electron chi connectivity index (χ1n) is 4.97. The predicted molar refractivity (Wildman–Crippen MR) is 57.7 cm³/mol. The Morgan fingerprint density at radius 3 is 3.06 bits per heavy atom. The molecule has 0 saturated carbocycles. The Balaban J connectivity index is 2.23. The SMILES string of the molecule is CCNC(=O)c1cc(-c2ccccn2)on1. The third kappa shape index (κ3) is 2.08. The zero-order valence-corrected chi connectivity index (χ0v) is 8.80. The minimum atomic E-state index is -0.242. The van der Waals surface area contributed by atoms with Crippen LogP contribution in [0.25, 0.3) is 11.5 Å². The van der Waals surface area contributed by atoms with Crippen molar-refractivity contribution in [3.05, 3.63) is 36.2 Å². The second-order valence-corrected chi connectivity index (χ2v) is 3.15. The number of carbonyl (C=O) groups excluding carboxylic acids is 1. The Labute approximate surface area is 92.5 Å². The number of hydrogen-bond acceptors (Lipinski definition) is 4. The van der Waals surface area contributed by atoms with Crippen LogP contribution in [-0.2, 0) is 0 Å². The van der Waals surface area contributed by atoms with Crippen molar-refractivity contribution in [2.75, 3.05) is 6.54 Å². The van der Waals surface area contributed by atoms with Crippen LogP contribution in [0.1, 0.15) is 17.4 Å². The highest BCUT2D eigenvalue weighted by Crippen LogP contribution is 2.16. The molecule has 0 bridgehead atoms. The molecule has 0 saturated heterocycles. The Bertz CT molecular complexity index is 479. The third-order valence-electron chi connectivity index (χ3n) is 2.00. The van der Waals surface area contributed by atoms with Crippen molar-refractivity contribution in [1.82, 2.24) is 15.5 Å². The Morgan fingerprint density at radius 1 is 1.50 bits per heavy atom. The molecule has 0 aromatic carbocycles. The maximum Gasteiger partial charge on any atom is 0.273 e. The van der Waals surface area contributed by atoms with Gasteiger partial charge in [-0.15, -0.1) is 0 Å². The fourth-order valence-corrected chi connectivity index (χ4v) is 1.26. The molecule has 0 unspecified atom stereocenters. The number of nitrogens with zero attached hydrogens (tertiary/aromatic N) is 2. The summed E-state index contributed by atoms with van der Waals surface area (Å²) in [7, 11) is 0. The first-order valence-corrected chi connectivity index (χ1v) is 4.97. The molecule has 0 spiro atoms. The Kier molecular flexibility index (Phi) is 2.95. The lowest BCUT2D eigenvalue weighted by molar-refractivity contribution is 0.0947. The zero-order chi connectivity index (χ0) is 11.4. The molecule has 0 fully saturated rings. The van der Waals surface area contributed by atoms with Crippen molar-refractivity contribution in [3.8, 4) is 11.5 Å². The van der Waals surface area contributed by atoms with Crippen LogP contribution in [0.2, 0.25) is 0 Å². The molecule has 5 nitrogen and oxygen atoms in total. The van der Waals surface area contributed by atoms with E-state index in [9.17, 15) is 4.79 Å². The van der Waals surface area contributed by atoms with Crippen molar-refractivity contribution >= 4 is 5.91 Å². The average Bonchev–Trinajstić information content (AvgIpc) is 2.80. The van der Waals surface area contributed by atoms with E-state index in [1.165, 1.54) is 0 Å². The van der Waals surface area contributed by atoms with Crippen LogP contribution in [0, 0.1) is 0 Å². The summed E-state index contributed by atoms with van der Waals surface area (Å²) < 4.78 is 5.04. The summed E-state index contributed by atoms with van der Waals surface area (Å²) in [6.45, 7) is 2.41. The quantitative estimate of drug-likeness (QED) is 0.845. The molecular formula is C11H11N3O2. The van der Waals surface area contributed by atoms with E-state index >= 15 is 0 Å². The van der Waals surface area contributed by atoms with Gasteiger partial charge in [0.1, 0.15) is 5.69 Å². The summed E-state index contributed by atoms with van der Waals surface area (Å²) in [6.07, 6.45) is 1.66. The zero-order valence-electron chi connectivity index (χ0n) is 8.80. The second-order valence-electron chi connectivity index (χ2n) is 3.15. The van der Waals surface area contributed by atoms with E-state index in [0.29, 0.717) is 18.0 Å². The van der Waals surface area contributed by atoms with Crippen LogP contribution >= 0.6 is 0 Å². The van der Waals surface area contributed by atoms with Gasteiger partial charge in [0.05, 0.1) is 0 Å². The van der Waals surface area contributed by atoms with E-state index in [1.807, 2.05) is 19.1 Å². The van der Waals surface area contributed by atoms with E-state index in [0.717, 1.165) is 0 Å². The van der Waals surface area contributed by atoms with Gasteiger partial charge in [0.15, 0.2) is 11.5 Å². The van der Waals surface area contributed by atoms with E-state index < -0.39 is 0 Å². The third-order valence-corrected chi connectivity index (χ3v) is 2.00. The molecule has 2 aromatic heterocycles. The molecule has 2 aromatic rings. The summed E-state index contributed by atoms with van der Waals surface area (Å²) in [5.41, 5.74) is 0.924. The van der Waals surface area contributed by atoms with Crippen molar-refractivity contribution in [2.45, 2.75) is 6.92 Å². The molecule has 0 radical (unpaired) electrons. The summed E-state index contributed by atoms with van der Waals surface area (Å²) in [6, 6.07) is 7.02. The number of hydrogen-bond donors (Lipinski definition) is 1. The summed E-state index contributed by atoms with van der Waals surface area (Å²) in [5, 5.41) is 6.33. The minimum Gasteiger partial charge on any atom is -0.354 e. The normalized spacial score (nSPS) is 10.1. The molecule has 0 atom stereocenters. The first-order chi connectivity index (χ1) is 7.81. The molecular weight excluding hydrogens is 206 g/mol. The van der Waals surface area contributed by atoms with Gasteiger partial charge in [-0.3, -0.25) is 9.78 Å². The van der Waals surface area contributed by atoms with E-state index in [1.54, 1.807) is 18.3 Å². The van der Waals surface area contributed by atoms with Gasteiger partial charge in [0.2, 0.25) is 0 Å². The fourth-order valence-electron chi connectivity index (χ4n) is 1.26. The van der Waals surface area contributed by atoms with Crippen LogP contribution in [0.4, 0.5) is 0 Å². The first kappa shape index (κ1) is 10.4. The summed E-state index contributed by atoms with van der Waals surface area (Å²) in [5.74, 6) is 0.246. The number of rotatable bonds is 3. The molecule has 0 aliphatic carbocycles. The highest BCUT2D eigenvalue weighted by molar-refractivity contribution is 5.92. The lowest BCUT2D eigenvalue weighted by Gasteiger charge is -1.94. The molecule has 1 N–H and O–H groups in total. The molecule has 2 rings (SSSR count). The van der Waals surface area contributed by atoms with Crippen LogP contribution < -0.4 is 5.32 Å². The van der Waals surface area contributed by atoms with Crippen molar-refractivity contribution < 1.29 is 9.32 Å². The molecule has 82 valence electrons. The molecule has 2 heterocycles. The highest BCUT2D eigenvalue weighted by Gasteiger charge is 2.12. The molecule has 16 heavy (non-hydrogen) atoms. The van der Waals surface area contributed by atoms with E-state index in [2.05, 4.69) is 15.5 Å². The van der Waals surface area contributed by atoms with Gasteiger partial charge in [0, 0.05) is 18.8 Å². The number of amides is 1. The van der Waals surface area contributed by atoms with Crippen LogP contribution in [0.15, 0.2) is 35.0 Å². The molecule has 5 heteroatoms. The van der Waals surface area contributed by atoms with Gasteiger partial charge in [-0.2, -0.15) is 0 Å². The standard InChI is InChI=1S/C11H11N3O2/c1-2-12-11(15)9-7-10(16-14-9)8-5-3-4-6-13-8/h3-7H,2H2,1H3,(H,12,15). The number of pyridine rings is 1. The fraction of sp³-hybridized carbons (Fsp3) is 0.182. The van der Waals surface area contributed by atoms with Gasteiger partial charge in [-0.05, 0) is 19.1 Å². The van der Waals surface area contributed by atoms with E-state index in [-0.39, 0.29) is 11.6 Å². The van der Waals surface area contributed by atoms with Gasteiger partial charge in [-0.25, -0.2) is 0 Å². The minimum absolute atomic E-state index is 0.242. The van der Waals surface area contributed by atoms with Crippen molar-refractivity contribution in [3.63, 3.8) is 0 Å². The van der Waals surface area contributed by atoms with Gasteiger partial charge >= 0.3 is 0 Å². The predicted octanol–water partition coefficient (Wildman–Crippen LogP) is 1.49. The number of nitrogens with one attached hydrogen (secondary N) is 1. The lowest BCUT2D eigenvalue weighted by atomic mass is 10.2. The lowest BCUT2D eigenvalue weighted by Crippen LogP contribution is -2.22. The van der Waals surface area contributed by atoms with Crippen molar-refractivity contribution in [2.24, 2.45) is 0 Å². The van der Waals surface area contributed by atoms with Crippen LogP contribution in [-0.4, -0.2) is 22.6 Å². The summed E-state index contributed by atoms with van der Waals surface area (Å²) >= 11 is 0. The van der Waals surface area contributed by atoms with Gasteiger partial charge < -0.3 is 9.84 Å². The smallest absolute Gasteiger partial charge is 0.273 e. The average molecular weight is 217 g/mol. The monoisotopic (exact) mass is 217 g/mol. The van der Waals surface area contributed by atoms with Crippen LogP contribution in [0.5, 0.6) is 0 Å². The second kappa shape index (κ2) is 4.57. The topological polar surface area (TPSA) is 68.0 Å².